The first-order valence-electron chi connectivity index (χ1n) is 4.99. The highest BCUT2D eigenvalue weighted by Crippen LogP contribution is 2.26. The fourth-order valence-corrected chi connectivity index (χ4v) is 1.56. The Labute approximate surface area is 93.6 Å². The number of alkyl halides is 1. The normalized spacial score (nSPS) is 17.3. The highest BCUT2D eigenvalue weighted by molar-refractivity contribution is 6.18. The van der Waals surface area contributed by atoms with Crippen LogP contribution >= 0.6 is 11.6 Å². The molecule has 15 heavy (non-hydrogen) atoms. The molecule has 4 nitrogen and oxygen atoms in total. The average molecular weight is 229 g/mol. The minimum Gasteiger partial charge on any atom is -0.295 e. The van der Waals surface area contributed by atoms with Crippen LogP contribution in [0.5, 0.6) is 0 Å². The van der Waals surface area contributed by atoms with Crippen molar-refractivity contribution in [1.82, 2.24) is 5.32 Å². The molecule has 0 heterocycles. The Bertz CT molecular complexity index is 294. The van der Waals surface area contributed by atoms with Gasteiger partial charge in [0.25, 0.3) is 0 Å². The molecule has 82 valence electrons. The summed E-state index contributed by atoms with van der Waals surface area (Å²) in [6.07, 6.45) is 3.00. The van der Waals surface area contributed by atoms with Gasteiger partial charge in [-0.1, -0.05) is 6.42 Å². The van der Waals surface area contributed by atoms with Crippen LogP contribution in [-0.4, -0.2) is 17.7 Å². The van der Waals surface area contributed by atoms with Gasteiger partial charge in [-0.3, -0.25) is 14.9 Å². The Hall–Kier alpha value is -1.08. The molecule has 0 aromatic rings. The SMILES string of the molecule is N#CC(CCCl)C(=O)NC(=O)C1CCC1. The van der Waals surface area contributed by atoms with Gasteiger partial charge in [0.15, 0.2) is 0 Å². The van der Waals surface area contributed by atoms with Gasteiger partial charge in [0.05, 0.1) is 6.07 Å². The minimum atomic E-state index is -0.813. The third kappa shape index (κ3) is 3.21. The van der Waals surface area contributed by atoms with Crippen molar-refractivity contribution in [3.8, 4) is 6.07 Å². The molecular formula is C10H13ClN2O2. The van der Waals surface area contributed by atoms with E-state index in [9.17, 15) is 9.59 Å². The molecule has 5 heteroatoms. The van der Waals surface area contributed by atoms with E-state index in [0.717, 1.165) is 19.3 Å². The summed E-state index contributed by atoms with van der Waals surface area (Å²) in [6, 6.07) is 1.83. The molecule has 1 aliphatic rings. The van der Waals surface area contributed by atoms with Crippen molar-refractivity contribution in [3.63, 3.8) is 0 Å². The van der Waals surface area contributed by atoms with E-state index < -0.39 is 11.8 Å². The Morgan fingerprint density at radius 2 is 2.20 bits per heavy atom. The Balaban J connectivity index is 2.39. The van der Waals surface area contributed by atoms with E-state index in [1.54, 1.807) is 0 Å². The zero-order valence-electron chi connectivity index (χ0n) is 8.33. The zero-order valence-corrected chi connectivity index (χ0v) is 9.09. The second kappa shape index (κ2) is 5.72. The lowest BCUT2D eigenvalue weighted by Crippen LogP contribution is -2.41. The van der Waals surface area contributed by atoms with Gasteiger partial charge in [-0.25, -0.2) is 0 Å². The summed E-state index contributed by atoms with van der Waals surface area (Å²) in [5.74, 6) is -1.38. The molecule has 0 radical (unpaired) electrons. The molecule has 0 saturated heterocycles. The van der Waals surface area contributed by atoms with Gasteiger partial charge in [-0.2, -0.15) is 5.26 Å². The van der Waals surface area contributed by atoms with E-state index in [1.165, 1.54) is 0 Å². The molecule has 0 aliphatic heterocycles. The van der Waals surface area contributed by atoms with Gasteiger partial charge in [-0.15, -0.1) is 11.6 Å². The van der Waals surface area contributed by atoms with Gasteiger partial charge < -0.3 is 0 Å². The lowest BCUT2D eigenvalue weighted by molar-refractivity contribution is -0.135. The topological polar surface area (TPSA) is 70.0 Å². The predicted octanol–water partition coefficient (Wildman–Crippen LogP) is 1.20. The number of amides is 2. The number of nitrogens with one attached hydrogen (secondary N) is 1. The summed E-state index contributed by atoms with van der Waals surface area (Å²) < 4.78 is 0. The second-order valence-corrected chi connectivity index (χ2v) is 4.02. The van der Waals surface area contributed by atoms with Crippen LogP contribution in [0.1, 0.15) is 25.7 Å². The summed E-state index contributed by atoms with van der Waals surface area (Å²) in [6.45, 7) is 0. The number of carbonyl (C=O) groups excluding carboxylic acids is 2. The number of carbonyl (C=O) groups is 2. The summed E-state index contributed by atoms with van der Waals surface area (Å²) >= 11 is 5.44. The number of nitriles is 1. The molecule has 1 saturated carbocycles. The number of nitrogens with zero attached hydrogens (tertiary/aromatic N) is 1. The van der Waals surface area contributed by atoms with Gasteiger partial charge in [0.1, 0.15) is 5.92 Å². The van der Waals surface area contributed by atoms with E-state index in [4.69, 9.17) is 16.9 Å². The first-order chi connectivity index (χ1) is 7.19. The van der Waals surface area contributed by atoms with Crippen LogP contribution in [0.3, 0.4) is 0 Å². The van der Waals surface area contributed by atoms with Crippen molar-refractivity contribution < 1.29 is 9.59 Å². The molecule has 0 bridgehead atoms. The van der Waals surface area contributed by atoms with Crippen LogP contribution in [0, 0.1) is 23.2 Å². The fraction of sp³-hybridized carbons (Fsp3) is 0.700. The molecule has 1 aliphatic carbocycles. The van der Waals surface area contributed by atoms with Crippen molar-refractivity contribution in [2.45, 2.75) is 25.7 Å². The standard InChI is InChI=1S/C10H13ClN2O2/c11-5-4-8(6-12)10(15)13-9(14)7-2-1-3-7/h7-8H,1-5H2,(H,13,14,15). The predicted molar refractivity (Wildman–Crippen MR) is 54.9 cm³/mol. The molecule has 0 spiro atoms. The third-order valence-corrected chi connectivity index (χ3v) is 2.81. The molecule has 2 amide bonds. The highest BCUT2D eigenvalue weighted by atomic mass is 35.5. The number of imide groups is 1. The summed E-state index contributed by atoms with van der Waals surface area (Å²) in [7, 11) is 0. The highest BCUT2D eigenvalue weighted by Gasteiger charge is 2.28. The lowest BCUT2D eigenvalue weighted by atomic mass is 9.84. The van der Waals surface area contributed by atoms with E-state index in [0.29, 0.717) is 0 Å². The quantitative estimate of drug-likeness (QED) is 0.735. The molecule has 1 unspecified atom stereocenters. The van der Waals surface area contributed by atoms with Crippen LogP contribution in [0.25, 0.3) is 0 Å². The third-order valence-electron chi connectivity index (χ3n) is 2.59. The van der Waals surface area contributed by atoms with Crippen LogP contribution in [0.4, 0.5) is 0 Å². The number of hydrogen-bond acceptors (Lipinski definition) is 3. The van der Waals surface area contributed by atoms with Gasteiger partial charge >= 0.3 is 0 Å². The molecule has 0 aromatic carbocycles. The number of rotatable bonds is 4. The van der Waals surface area contributed by atoms with Gasteiger partial charge in [0, 0.05) is 11.8 Å². The van der Waals surface area contributed by atoms with Crippen molar-refractivity contribution in [2.24, 2.45) is 11.8 Å². The summed E-state index contributed by atoms with van der Waals surface area (Å²) in [5.41, 5.74) is 0. The van der Waals surface area contributed by atoms with Crippen molar-refractivity contribution >= 4 is 23.4 Å². The molecule has 1 atom stereocenters. The van der Waals surface area contributed by atoms with Crippen LogP contribution in [0.15, 0.2) is 0 Å². The van der Waals surface area contributed by atoms with E-state index >= 15 is 0 Å². The van der Waals surface area contributed by atoms with Crippen molar-refractivity contribution in [3.05, 3.63) is 0 Å². The van der Waals surface area contributed by atoms with Crippen LogP contribution in [0.2, 0.25) is 0 Å². The first-order valence-corrected chi connectivity index (χ1v) is 5.52. The van der Waals surface area contributed by atoms with E-state index in [-0.39, 0.29) is 24.1 Å². The van der Waals surface area contributed by atoms with Gasteiger partial charge in [0.2, 0.25) is 11.8 Å². The Morgan fingerprint density at radius 3 is 2.60 bits per heavy atom. The van der Waals surface area contributed by atoms with Crippen LogP contribution < -0.4 is 5.32 Å². The average Bonchev–Trinajstić information content (AvgIpc) is 2.10. The second-order valence-electron chi connectivity index (χ2n) is 3.64. The minimum absolute atomic E-state index is 0.0377. The van der Waals surface area contributed by atoms with Gasteiger partial charge in [-0.05, 0) is 19.3 Å². The fourth-order valence-electron chi connectivity index (χ4n) is 1.34. The van der Waals surface area contributed by atoms with Crippen molar-refractivity contribution in [2.75, 3.05) is 5.88 Å². The number of halogens is 1. The molecule has 1 N–H and O–H groups in total. The van der Waals surface area contributed by atoms with E-state index in [1.807, 2.05) is 6.07 Å². The zero-order chi connectivity index (χ0) is 11.3. The Morgan fingerprint density at radius 1 is 1.53 bits per heavy atom. The monoisotopic (exact) mass is 228 g/mol. The summed E-state index contributed by atoms with van der Waals surface area (Å²) in [4.78, 5) is 22.8. The smallest absolute Gasteiger partial charge is 0.243 e. The maximum atomic E-state index is 11.4. The maximum absolute atomic E-state index is 11.4. The molecular weight excluding hydrogens is 216 g/mol. The first kappa shape index (κ1) is 12.0. The lowest BCUT2D eigenvalue weighted by Gasteiger charge is -2.23. The molecule has 1 rings (SSSR count). The van der Waals surface area contributed by atoms with Crippen LogP contribution in [-0.2, 0) is 9.59 Å². The Kier molecular flexibility index (Phi) is 4.57. The largest absolute Gasteiger partial charge is 0.295 e. The number of hydrogen-bond donors (Lipinski definition) is 1. The van der Waals surface area contributed by atoms with Crippen molar-refractivity contribution in [1.29, 1.82) is 5.26 Å². The molecule has 1 fully saturated rings. The summed E-state index contributed by atoms with van der Waals surface area (Å²) in [5, 5.41) is 10.9. The molecule has 0 aromatic heterocycles. The van der Waals surface area contributed by atoms with E-state index in [2.05, 4.69) is 5.32 Å². The maximum Gasteiger partial charge on any atom is 0.243 e.